The predicted molar refractivity (Wildman–Crippen MR) is 137 cm³/mol. The molecule has 3 aromatic rings. The van der Waals surface area contributed by atoms with Crippen LogP contribution in [0.25, 0.3) is 22.5 Å². The molecule has 0 atom stereocenters. The molecular weight excluding hydrogens is 458 g/mol. The number of nitrogens with one attached hydrogen (secondary N) is 1. The fourth-order valence-electron chi connectivity index (χ4n) is 4.79. The summed E-state index contributed by atoms with van der Waals surface area (Å²) in [6.45, 7) is 5.77. The second kappa shape index (κ2) is 10.9. The number of hydrogen-bond acceptors (Lipinski definition) is 8. The lowest BCUT2D eigenvalue weighted by Gasteiger charge is -2.32. The van der Waals surface area contributed by atoms with E-state index in [2.05, 4.69) is 32.3 Å². The van der Waals surface area contributed by atoms with Crippen LogP contribution in [-0.4, -0.2) is 78.1 Å². The van der Waals surface area contributed by atoms with Crippen LogP contribution in [0.5, 0.6) is 5.95 Å². The number of likely N-dealkylation sites (N-methyl/N-ethyl adjacent to an activating group) is 1. The van der Waals surface area contributed by atoms with Gasteiger partial charge >= 0.3 is 6.09 Å². The highest BCUT2D eigenvalue weighted by Crippen LogP contribution is 2.39. The smallest absolute Gasteiger partial charge is 0.415 e. The Bertz CT molecular complexity index is 1230. The van der Waals surface area contributed by atoms with Crippen molar-refractivity contribution >= 4 is 11.8 Å². The van der Waals surface area contributed by atoms with Crippen LogP contribution in [0.1, 0.15) is 24.0 Å². The monoisotopic (exact) mass is 489 g/mol. The van der Waals surface area contributed by atoms with Gasteiger partial charge in [0.25, 0.3) is 5.95 Å². The normalized spacial score (nSPS) is 17.3. The molecule has 1 aromatic carbocycles. The van der Waals surface area contributed by atoms with Crippen molar-refractivity contribution in [1.82, 2.24) is 20.1 Å². The molecule has 1 fully saturated rings. The van der Waals surface area contributed by atoms with Gasteiger partial charge in [-0.2, -0.15) is 0 Å². The third-order valence-electron chi connectivity index (χ3n) is 6.84. The van der Waals surface area contributed by atoms with Gasteiger partial charge in [0.2, 0.25) is 0 Å². The Hall–Kier alpha value is -3.69. The van der Waals surface area contributed by atoms with Crippen LogP contribution in [0.3, 0.4) is 0 Å². The zero-order chi connectivity index (χ0) is 24.9. The van der Waals surface area contributed by atoms with Crippen LogP contribution < -0.4 is 10.1 Å². The molecule has 0 unspecified atom stereocenters. The lowest BCUT2D eigenvalue weighted by Crippen LogP contribution is -2.45. The fraction of sp³-hybridized carbons (Fsp3) is 0.370. The Morgan fingerprint density at radius 1 is 1.08 bits per heavy atom. The van der Waals surface area contributed by atoms with Crippen LogP contribution in [0, 0.1) is 0 Å². The summed E-state index contributed by atoms with van der Waals surface area (Å²) in [6.07, 6.45) is 5.26. The number of piperazine rings is 1. The molecule has 1 aliphatic carbocycles. The average molecular weight is 490 g/mol. The minimum atomic E-state index is -0.535. The maximum absolute atomic E-state index is 12.5. The number of rotatable bonds is 7. The molecule has 0 bridgehead atoms. The van der Waals surface area contributed by atoms with Crippen LogP contribution in [-0.2, 0) is 6.42 Å². The molecule has 36 heavy (non-hydrogen) atoms. The summed E-state index contributed by atoms with van der Waals surface area (Å²) in [5.74, 6) is 0.739. The van der Waals surface area contributed by atoms with E-state index < -0.39 is 6.09 Å². The lowest BCUT2D eigenvalue weighted by atomic mass is 10.00. The van der Waals surface area contributed by atoms with Crippen LogP contribution in [0.2, 0.25) is 0 Å². The number of fused-ring (bicyclic) bond motifs is 1. The van der Waals surface area contributed by atoms with Gasteiger partial charge in [-0.15, -0.1) is 0 Å². The van der Waals surface area contributed by atoms with Gasteiger partial charge in [-0.25, -0.2) is 4.79 Å². The van der Waals surface area contributed by atoms with Gasteiger partial charge in [0.1, 0.15) is 5.76 Å². The number of amides is 1. The number of carbonyl (C=O) groups excluding carboxylic acids is 1. The third-order valence-corrected chi connectivity index (χ3v) is 6.84. The first-order valence-electron chi connectivity index (χ1n) is 12.4. The van der Waals surface area contributed by atoms with Crippen molar-refractivity contribution in [3.63, 3.8) is 0 Å². The van der Waals surface area contributed by atoms with Crippen molar-refractivity contribution < 1.29 is 19.2 Å². The molecule has 0 spiro atoms. The number of nitrogens with zero attached hydrogens (tertiary/aromatic N) is 4. The van der Waals surface area contributed by atoms with E-state index in [-0.39, 0.29) is 5.95 Å². The Morgan fingerprint density at radius 2 is 1.89 bits per heavy atom. The van der Waals surface area contributed by atoms with Gasteiger partial charge in [-0.3, -0.25) is 4.98 Å². The molecular formula is C27H31N5O4. The van der Waals surface area contributed by atoms with E-state index in [1.807, 2.05) is 30.3 Å². The van der Waals surface area contributed by atoms with E-state index in [4.69, 9.17) is 9.15 Å². The highest BCUT2D eigenvalue weighted by Gasteiger charge is 2.22. The minimum Gasteiger partial charge on any atom is -0.425 e. The Kier molecular flexibility index (Phi) is 7.29. The minimum absolute atomic E-state index is 0.131. The Labute approximate surface area is 210 Å². The molecule has 0 radical (unpaired) electrons. The van der Waals surface area contributed by atoms with Gasteiger partial charge in [-0.1, -0.05) is 17.3 Å². The van der Waals surface area contributed by atoms with Gasteiger partial charge < -0.3 is 29.5 Å². The van der Waals surface area contributed by atoms with E-state index in [1.54, 1.807) is 18.5 Å². The second-order valence-corrected chi connectivity index (χ2v) is 9.28. The summed E-state index contributed by atoms with van der Waals surface area (Å²) in [5.41, 5.74) is 5.32. The van der Waals surface area contributed by atoms with E-state index in [1.165, 1.54) is 0 Å². The van der Waals surface area contributed by atoms with Gasteiger partial charge in [0.15, 0.2) is 0 Å². The van der Waals surface area contributed by atoms with Crippen molar-refractivity contribution in [3.05, 3.63) is 59.9 Å². The fourth-order valence-corrected chi connectivity index (χ4v) is 4.79. The standard InChI is InChI=1S/C27H31N5O4/c1-31-13-15-32(16-14-31)12-2-9-29-27(33)36-25-18-23(19-7-10-28-11-8-19)26(35-25)21-3-5-22-20(17-21)4-6-24(22)30-34/h3,5,7-8,10-11,17-18,34H,2,4,6,9,12-16H2,1H3,(H,29,33). The number of ether oxygens (including phenoxy) is 1. The predicted octanol–water partition coefficient (Wildman–Crippen LogP) is 3.86. The topological polar surface area (TPSA) is 103 Å². The number of aryl methyl sites for hydroxylation is 1. The average Bonchev–Trinajstić information content (AvgIpc) is 3.52. The molecule has 5 rings (SSSR count). The van der Waals surface area contributed by atoms with Gasteiger partial charge in [-0.05, 0) is 62.2 Å². The Balaban J connectivity index is 1.27. The summed E-state index contributed by atoms with van der Waals surface area (Å²) < 4.78 is 11.6. The second-order valence-electron chi connectivity index (χ2n) is 9.28. The zero-order valence-electron chi connectivity index (χ0n) is 20.4. The number of furan rings is 1. The maximum atomic E-state index is 12.5. The SMILES string of the molecule is CN1CCN(CCCNC(=O)Oc2cc(-c3ccncc3)c(-c3ccc4c(c3)CCC4=NO)o2)CC1. The maximum Gasteiger partial charge on any atom is 0.415 e. The lowest BCUT2D eigenvalue weighted by molar-refractivity contribution is 0.151. The van der Waals surface area contributed by atoms with Crippen molar-refractivity contribution in [2.24, 2.45) is 5.16 Å². The van der Waals surface area contributed by atoms with E-state index in [0.29, 0.717) is 24.4 Å². The Morgan fingerprint density at radius 3 is 2.67 bits per heavy atom. The summed E-state index contributed by atoms with van der Waals surface area (Å²) in [4.78, 5) is 21.3. The number of pyridine rings is 1. The van der Waals surface area contributed by atoms with Crippen molar-refractivity contribution in [2.45, 2.75) is 19.3 Å². The molecule has 1 amide bonds. The zero-order valence-corrected chi connectivity index (χ0v) is 20.4. The molecule has 1 aliphatic heterocycles. The van der Waals surface area contributed by atoms with E-state index in [9.17, 15) is 10.0 Å². The summed E-state index contributed by atoms with van der Waals surface area (Å²) >= 11 is 0. The number of carbonyl (C=O) groups is 1. The quantitative estimate of drug-likeness (QED) is 0.295. The van der Waals surface area contributed by atoms with Crippen molar-refractivity contribution in [3.8, 4) is 28.4 Å². The van der Waals surface area contributed by atoms with Crippen molar-refractivity contribution in [1.29, 1.82) is 0 Å². The first kappa shape index (κ1) is 24.0. The van der Waals surface area contributed by atoms with E-state index in [0.717, 1.165) is 73.4 Å². The van der Waals surface area contributed by atoms with Crippen LogP contribution in [0.4, 0.5) is 4.79 Å². The highest BCUT2D eigenvalue weighted by molar-refractivity contribution is 6.04. The van der Waals surface area contributed by atoms with Crippen LogP contribution >= 0.6 is 0 Å². The molecule has 9 nitrogen and oxygen atoms in total. The number of hydrogen-bond donors (Lipinski definition) is 2. The summed E-state index contributed by atoms with van der Waals surface area (Å²) in [5, 5.41) is 15.5. The molecule has 188 valence electrons. The molecule has 2 aliphatic rings. The summed E-state index contributed by atoms with van der Waals surface area (Å²) in [7, 11) is 2.14. The first-order chi connectivity index (χ1) is 17.6. The first-order valence-corrected chi connectivity index (χ1v) is 12.4. The number of oxime groups is 1. The molecule has 2 aromatic heterocycles. The molecule has 9 heteroatoms. The summed E-state index contributed by atoms with van der Waals surface area (Å²) in [6, 6.07) is 11.4. The molecule has 2 N–H and O–H groups in total. The largest absolute Gasteiger partial charge is 0.425 e. The van der Waals surface area contributed by atoms with Crippen LogP contribution in [0.15, 0.2) is 58.4 Å². The van der Waals surface area contributed by atoms with Crippen molar-refractivity contribution in [2.75, 3.05) is 46.3 Å². The molecule has 1 saturated heterocycles. The molecule has 3 heterocycles. The van der Waals surface area contributed by atoms with Gasteiger partial charge in [0.05, 0.1) is 5.71 Å². The molecule has 0 saturated carbocycles. The van der Waals surface area contributed by atoms with E-state index >= 15 is 0 Å². The highest BCUT2D eigenvalue weighted by atomic mass is 16.6. The third kappa shape index (κ3) is 5.42. The number of aromatic nitrogens is 1. The number of benzene rings is 1. The van der Waals surface area contributed by atoms with Gasteiger partial charge in [0, 0.05) is 67.9 Å².